The molecule has 1 amide bonds. The minimum absolute atomic E-state index is 0.0943. The molecule has 0 heterocycles. The molecule has 1 atom stereocenters. The van der Waals surface area contributed by atoms with Crippen molar-refractivity contribution in [3.05, 3.63) is 0 Å². The Morgan fingerprint density at radius 3 is 2.57 bits per heavy atom. The maximum atomic E-state index is 11.7. The van der Waals surface area contributed by atoms with Crippen LogP contribution in [0, 0.1) is 5.92 Å². The minimum atomic E-state index is 0.0943. The Morgan fingerprint density at radius 1 is 1.43 bits per heavy atom. The van der Waals surface area contributed by atoms with Crippen molar-refractivity contribution < 1.29 is 4.79 Å². The molecule has 0 aliphatic heterocycles. The molecule has 14 heavy (non-hydrogen) atoms. The van der Waals surface area contributed by atoms with Crippen LogP contribution in [0.3, 0.4) is 0 Å². The number of carbonyl (C=O) groups is 1. The topological polar surface area (TPSA) is 32.3 Å². The molecular formula is C11H24N2O. The van der Waals surface area contributed by atoms with Gasteiger partial charge < -0.3 is 10.2 Å². The second-order valence-electron chi connectivity index (χ2n) is 3.82. The maximum Gasteiger partial charge on any atom is 0.226 e. The fraction of sp³-hybridized carbons (Fsp3) is 0.909. The third-order valence-corrected chi connectivity index (χ3v) is 2.35. The average molecular weight is 200 g/mol. The lowest BCUT2D eigenvalue weighted by molar-refractivity contribution is -0.133. The van der Waals surface area contributed by atoms with Crippen LogP contribution in [0.2, 0.25) is 0 Å². The summed E-state index contributed by atoms with van der Waals surface area (Å²) in [6.45, 7) is 8.76. The van der Waals surface area contributed by atoms with E-state index in [1.807, 2.05) is 18.9 Å². The Balaban J connectivity index is 3.78. The third-order valence-electron chi connectivity index (χ3n) is 2.35. The van der Waals surface area contributed by atoms with Crippen LogP contribution in [0.4, 0.5) is 0 Å². The average Bonchev–Trinajstić information content (AvgIpc) is 2.21. The number of hydrogen-bond acceptors (Lipinski definition) is 2. The summed E-state index contributed by atoms with van der Waals surface area (Å²) in [4.78, 5) is 13.6. The summed E-state index contributed by atoms with van der Waals surface area (Å²) in [6.07, 6.45) is 2.23. The van der Waals surface area contributed by atoms with E-state index in [0.29, 0.717) is 0 Å². The highest BCUT2D eigenvalue weighted by Crippen LogP contribution is 2.01. The summed E-state index contributed by atoms with van der Waals surface area (Å²) in [5.41, 5.74) is 0. The van der Waals surface area contributed by atoms with Crippen LogP contribution in [0.1, 0.15) is 33.6 Å². The first-order chi connectivity index (χ1) is 6.63. The van der Waals surface area contributed by atoms with Crippen molar-refractivity contribution in [3.63, 3.8) is 0 Å². The molecular weight excluding hydrogens is 176 g/mol. The van der Waals surface area contributed by atoms with Gasteiger partial charge in [-0.3, -0.25) is 4.79 Å². The molecule has 0 aromatic heterocycles. The standard InChI is InChI=1S/C11H24N2O/c1-5-7-8-13(4)11(14)10(3)9-12-6-2/h10,12H,5-9H2,1-4H3. The minimum Gasteiger partial charge on any atom is -0.345 e. The van der Waals surface area contributed by atoms with Gasteiger partial charge in [-0.05, 0) is 13.0 Å². The lowest BCUT2D eigenvalue weighted by Crippen LogP contribution is -2.37. The quantitative estimate of drug-likeness (QED) is 0.675. The van der Waals surface area contributed by atoms with Crippen molar-refractivity contribution in [3.8, 4) is 0 Å². The van der Waals surface area contributed by atoms with Crippen LogP contribution >= 0.6 is 0 Å². The molecule has 0 aromatic carbocycles. The fourth-order valence-electron chi connectivity index (χ4n) is 1.33. The highest BCUT2D eigenvalue weighted by Gasteiger charge is 2.15. The third kappa shape index (κ3) is 5.22. The molecule has 0 aliphatic carbocycles. The summed E-state index contributed by atoms with van der Waals surface area (Å²) >= 11 is 0. The molecule has 0 aromatic rings. The van der Waals surface area contributed by atoms with Crippen LogP contribution < -0.4 is 5.32 Å². The van der Waals surface area contributed by atoms with E-state index in [2.05, 4.69) is 19.2 Å². The van der Waals surface area contributed by atoms with E-state index in [1.165, 1.54) is 0 Å². The molecule has 0 aliphatic rings. The van der Waals surface area contributed by atoms with Gasteiger partial charge in [0.25, 0.3) is 0 Å². The fourth-order valence-corrected chi connectivity index (χ4v) is 1.33. The first-order valence-corrected chi connectivity index (χ1v) is 5.59. The Morgan fingerprint density at radius 2 is 2.07 bits per heavy atom. The number of nitrogens with zero attached hydrogens (tertiary/aromatic N) is 1. The monoisotopic (exact) mass is 200 g/mol. The predicted octanol–water partition coefficient (Wildman–Crippen LogP) is 1.49. The van der Waals surface area contributed by atoms with Crippen LogP contribution in [0.15, 0.2) is 0 Å². The van der Waals surface area contributed by atoms with Crippen LogP contribution in [0.25, 0.3) is 0 Å². The van der Waals surface area contributed by atoms with Crippen molar-refractivity contribution >= 4 is 5.91 Å². The largest absolute Gasteiger partial charge is 0.345 e. The SMILES string of the molecule is CCCCN(C)C(=O)C(C)CNCC. The molecule has 0 radical (unpaired) electrons. The smallest absolute Gasteiger partial charge is 0.226 e. The molecule has 0 saturated carbocycles. The van der Waals surface area contributed by atoms with Crippen LogP contribution in [-0.4, -0.2) is 37.5 Å². The molecule has 0 rings (SSSR count). The van der Waals surface area contributed by atoms with Gasteiger partial charge in [-0.15, -0.1) is 0 Å². The number of amides is 1. The lowest BCUT2D eigenvalue weighted by Gasteiger charge is -2.21. The summed E-state index contributed by atoms with van der Waals surface area (Å²) in [5, 5.41) is 3.19. The van der Waals surface area contributed by atoms with Gasteiger partial charge in [-0.2, -0.15) is 0 Å². The number of carbonyl (C=O) groups excluding carboxylic acids is 1. The molecule has 0 bridgehead atoms. The second kappa shape index (κ2) is 7.80. The molecule has 1 unspecified atom stereocenters. The number of hydrogen-bond donors (Lipinski definition) is 1. The summed E-state index contributed by atoms with van der Waals surface area (Å²) in [6, 6.07) is 0. The zero-order valence-corrected chi connectivity index (χ0v) is 9.97. The van der Waals surface area contributed by atoms with E-state index in [1.54, 1.807) is 0 Å². The Bertz CT molecular complexity index is 143. The van der Waals surface area contributed by atoms with Crippen molar-refractivity contribution in [2.75, 3.05) is 26.7 Å². The first-order valence-electron chi connectivity index (χ1n) is 5.59. The number of rotatable bonds is 7. The van der Waals surface area contributed by atoms with E-state index < -0.39 is 0 Å². The van der Waals surface area contributed by atoms with Gasteiger partial charge in [0.05, 0.1) is 0 Å². The van der Waals surface area contributed by atoms with Gasteiger partial charge in [-0.1, -0.05) is 27.2 Å². The van der Waals surface area contributed by atoms with Crippen molar-refractivity contribution in [2.24, 2.45) is 5.92 Å². The highest BCUT2D eigenvalue weighted by molar-refractivity contribution is 5.78. The molecule has 0 fully saturated rings. The summed E-state index contributed by atoms with van der Waals surface area (Å²) in [5.74, 6) is 0.344. The molecule has 0 saturated heterocycles. The van der Waals surface area contributed by atoms with E-state index in [0.717, 1.165) is 32.5 Å². The van der Waals surface area contributed by atoms with Gasteiger partial charge in [0.1, 0.15) is 0 Å². The van der Waals surface area contributed by atoms with Gasteiger partial charge >= 0.3 is 0 Å². The first kappa shape index (κ1) is 13.4. The van der Waals surface area contributed by atoms with E-state index in [9.17, 15) is 4.79 Å². The van der Waals surface area contributed by atoms with E-state index in [-0.39, 0.29) is 11.8 Å². The zero-order valence-electron chi connectivity index (χ0n) is 9.97. The van der Waals surface area contributed by atoms with Crippen LogP contribution in [0.5, 0.6) is 0 Å². The Kier molecular flexibility index (Phi) is 7.48. The predicted molar refractivity (Wildman–Crippen MR) is 60.3 cm³/mol. The van der Waals surface area contributed by atoms with Gasteiger partial charge in [0.2, 0.25) is 5.91 Å². The zero-order chi connectivity index (χ0) is 11.0. The lowest BCUT2D eigenvalue weighted by atomic mass is 10.1. The van der Waals surface area contributed by atoms with Crippen molar-refractivity contribution in [2.45, 2.75) is 33.6 Å². The number of nitrogens with one attached hydrogen (secondary N) is 1. The molecule has 3 nitrogen and oxygen atoms in total. The normalized spacial score (nSPS) is 12.6. The van der Waals surface area contributed by atoms with Gasteiger partial charge in [0.15, 0.2) is 0 Å². The van der Waals surface area contributed by atoms with Gasteiger partial charge in [0, 0.05) is 26.1 Å². The molecule has 0 spiro atoms. The van der Waals surface area contributed by atoms with Crippen molar-refractivity contribution in [1.29, 1.82) is 0 Å². The van der Waals surface area contributed by atoms with E-state index >= 15 is 0 Å². The molecule has 1 N–H and O–H groups in total. The van der Waals surface area contributed by atoms with Crippen molar-refractivity contribution in [1.82, 2.24) is 10.2 Å². The second-order valence-corrected chi connectivity index (χ2v) is 3.82. The van der Waals surface area contributed by atoms with E-state index in [4.69, 9.17) is 0 Å². The maximum absolute atomic E-state index is 11.7. The Labute approximate surface area is 87.9 Å². The summed E-state index contributed by atoms with van der Waals surface area (Å²) in [7, 11) is 1.89. The van der Waals surface area contributed by atoms with Crippen LogP contribution in [-0.2, 0) is 4.79 Å². The number of unbranched alkanes of at least 4 members (excludes halogenated alkanes) is 1. The molecule has 3 heteroatoms. The Hall–Kier alpha value is -0.570. The molecule has 84 valence electrons. The summed E-state index contributed by atoms with van der Waals surface area (Å²) < 4.78 is 0. The van der Waals surface area contributed by atoms with Gasteiger partial charge in [-0.25, -0.2) is 0 Å². The highest BCUT2D eigenvalue weighted by atomic mass is 16.2.